The highest BCUT2D eigenvalue weighted by molar-refractivity contribution is 5.85. The van der Waals surface area contributed by atoms with E-state index >= 15 is 0 Å². The molecule has 0 heterocycles. The van der Waals surface area contributed by atoms with Crippen molar-refractivity contribution in [2.24, 2.45) is 47.0 Å². The van der Waals surface area contributed by atoms with Crippen molar-refractivity contribution in [3.05, 3.63) is 0 Å². The molecule has 0 aliphatic heterocycles. The Morgan fingerprint density at radius 3 is 1.00 bits per heavy atom. The zero-order valence-corrected chi connectivity index (χ0v) is 6.84. The van der Waals surface area contributed by atoms with Gasteiger partial charge in [-0.3, -0.25) is 0 Å². The first-order valence-electron chi connectivity index (χ1n) is 4.31. The van der Waals surface area contributed by atoms with Crippen molar-refractivity contribution in [3.63, 3.8) is 0 Å². The van der Waals surface area contributed by atoms with E-state index in [0.29, 0.717) is 11.1 Å². The van der Waals surface area contributed by atoms with Crippen molar-refractivity contribution >= 4 is 12.4 Å². The molecule has 11 heavy (non-hydrogen) atoms. The second-order valence-electron chi connectivity index (χ2n) is 5.15. The molecule has 0 saturated heterocycles. The third kappa shape index (κ3) is 0.190. The molecule has 6 fully saturated rings. The van der Waals surface area contributed by atoms with Crippen LogP contribution in [0, 0.1) is 35.5 Å². The summed E-state index contributed by atoms with van der Waals surface area (Å²) in [6.07, 6.45) is 0. The van der Waals surface area contributed by atoms with E-state index in [0.717, 1.165) is 35.5 Å². The van der Waals surface area contributed by atoms with Crippen molar-refractivity contribution in [1.82, 2.24) is 0 Å². The zero-order valence-electron chi connectivity index (χ0n) is 6.03. The maximum Gasteiger partial charge on any atom is 0.0260 e. The number of hydrogen-bond acceptors (Lipinski definition) is 2. The van der Waals surface area contributed by atoms with Crippen LogP contribution in [0.1, 0.15) is 0 Å². The number of hydrogen-bond donors (Lipinski definition) is 2. The van der Waals surface area contributed by atoms with Crippen LogP contribution in [0.25, 0.3) is 0 Å². The van der Waals surface area contributed by atoms with Gasteiger partial charge in [0.15, 0.2) is 0 Å². The van der Waals surface area contributed by atoms with Gasteiger partial charge in [-0.05, 0) is 35.5 Å². The molecular weight excluding hydrogens is 160 g/mol. The van der Waals surface area contributed by atoms with Gasteiger partial charge in [0, 0.05) is 11.1 Å². The van der Waals surface area contributed by atoms with E-state index in [1.165, 1.54) is 0 Å². The van der Waals surface area contributed by atoms with Crippen LogP contribution in [0.2, 0.25) is 0 Å². The Morgan fingerprint density at radius 1 is 0.636 bits per heavy atom. The van der Waals surface area contributed by atoms with Gasteiger partial charge in [0.25, 0.3) is 0 Å². The summed E-state index contributed by atoms with van der Waals surface area (Å²) in [6, 6.07) is 0. The van der Waals surface area contributed by atoms with E-state index in [2.05, 4.69) is 0 Å². The van der Waals surface area contributed by atoms with Gasteiger partial charge in [-0.15, -0.1) is 12.4 Å². The molecule has 0 aromatic carbocycles. The molecule has 0 aromatic heterocycles. The summed E-state index contributed by atoms with van der Waals surface area (Å²) in [5, 5.41) is 0. The van der Waals surface area contributed by atoms with Crippen LogP contribution in [-0.2, 0) is 0 Å². The lowest BCUT2D eigenvalue weighted by Crippen LogP contribution is -3.19. The molecule has 4 N–H and O–H groups in total. The molecule has 60 valence electrons. The normalized spacial score (nSPS) is 94.4. The summed E-state index contributed by atoms with van der Waals surface area (Å²) >= 11 is 0. The minimum Gasteiger partial charge on any atom is -0.324 e. The summed E-state index contributed by atoms with van der Waals surface area (Å²) < 4.78 is 0. The summed E-state index contributed by atoms with van der Waals surface area (Å²) in [6.45, 7) is 0. The lowest BCUT2D eigenvalue weighted by molar-refractivity contribution is -0.579. The summed E-state index contributed by atoms with van der Waals surface area (Å²) in [5.74, 6) is 5.40. The molecule has 6 aliphatic carbocycles. The van der Waals surface area contributed by atoms with Crippen molar-refractivity contribution in [3.8, 4) is 0 Å². The molecule has 6 saturated carbocycles. The van der Waals surface area contributed by atoms with Crippen molar-refractivity contribution in [2.75, 3.05) is 0 Å². The summed E-state index contributed by atoms with van der Waals surface area (Å²) in [5.41, 5.74) is 13.1. The number of halogens is 1. The Morgan fingerprint density at radius 2 is 0.818 bits per heavy atom. The van der Waals surface area contributed by atoms with Gasteiger partial charge >= 0.3 is 0 Å². The highest BCUT2D eigenvalue weighted by Gasteiger charge is 3.08. The van der Waals surface area contributed by atoms with Crippen molar-refractivity contribution in [1.29, 1.82) is 0 Å². The lowest BCUT2D eigenvalue weighted by atomic mass is 8.96. The Hall–Kier alpha value is 0.210. The molecule has 0 atom stereocenters. The highest BCUT2D eigenvalue weighted by atomic mass is 35.5. The zero-order chi connectivity index (χ0) is 6.46. The maximum absolute atomic E-state index is 6.19. The molecule has 0 spiro atoms. The Bertz CT molecular complexity index is 217. The first-order chi connectivity index (χ1) is 4.73. The SMILES string of the molecule is Cl.NC12C3C4C1C1C2C3C41N. The maximum atomic E-state index is 6.19. The second-order valence-corrected chi connectivity index (χ2v) is 5.15. The molecule has 0 amide bonds. The molecule has 3 heteroatoms. The fraction of sp³-hybridized carbons (Fsp3) is 1.00. The fourth-order valence-corrected chi connectivity index (χ4v) is 5.69. The minimum absolute atomic E-state index is 0. The highest BCUT2D eigenvalue weighted by Crippen LogP contribution is 3.02. The number of rotatable bonds is 0. The van der Waals surface area contributed by atoms with Gasteiger partial charge in [-0.25, -0.2) is 0 Å². The molecular formula is C8H11ClN2. The molecule has 6 aliphatic rings. The van der Waals surface area contributed by atoms with E-state index in [4.69, 9.17) is 11.5 Å². The minimum atomic E-state index is 0. The standard InChI is InChI=1S/C8H10N2.ClH/c9-7-1-2-4(7)6-5(7)3(1)8(2,6)10;/h1-6H,9-10H2;1H. The molecule has 0 radical (unpaired) electrons. The summed E-state index contributed by atoms with van der Waals surface area (Å²) in [7, 11) is 0. The molecule has 0 bridgehead atoms. The van der Waals surface area contributed by atoms with E-state index in [-0.39, 0.29) is 12.4 Å². The van der Waals surface area contributed by atoms with Crippen LogP contribution in [0.15, 0.2) is 0 Å². The van der Waals surface area contributed by atoms with E-state index in [1.54, 1.807) is 0 Å². The van der Waals surface area contributed by atoms with Crippen LogP contribution in [0.4, 0.5) is 0 Å². The smallest absolute Gasteiger partial charge is 0.0260 e. The van der Waals surface area contributed by atoms with Gasteiger partial charge in [0.05, 0.1) is 0 Å². The predicted molar refractivity (Wildman–Crippen MR) is 42.0 cm³/mol. The Kier molecular flexibility index (Phi) is 0.499. The lowest BCUT2D eigenvalue weighted by Gasteiger charge is -3.10. The van der Waals surface area contributed by atoms with Crippen molar-refractivity contribution < 1.29 is 0 Å². The van der Waals surface area contributed by atoms with Crippen LogP contribution < -0.4 is 11.5 Å². The van der Waals surface area contributed by atoms with Gasteiger partial charge in [0.1, 0.15) is 0 Å². The second kappa shape index (κ2) is 0.949. The van der Waals surface area contributed by atoms with Crippen LogP contribution in [0.5, 0.6) is 0 Å². The fourth-order valence-electron chi connectivity index (χ4n) is 5.69. The quantitative estimate of drug-likeness (QED) is 0.519. The third-order valence-corrected chi connectivity index (χ3v) is 5.79. The first kappa shape index (κ1) is 5.79. The molecule has 0 unspecified atom stereocenters. The third-order valence-electron chi connectivity index (χ3n) is 5.79. The first-order valence-corrected chi connectivity index (χ1v) is 4.31. The molecule has 0 aromatic rings. The van der Waals surface area contributed by atoms with E-state index < -0.39 is 0 Å². The van der Waals surface area contributed by atoms with Gasteiger partial charge in [-0.2, -0.15) is 0 Å². The summed E-state index contributed by atoms with van der Waals surface area (Å²) in [4.78, 5) is 0. The Labute approximate surface area is 71.1 Å². The molecule has 6 rings (SSSR count). The van der Waals surface area contributed by atoms with Gasteiger partial charge in [0.2, 0.25) is 0 Å². The largest absolute Gasteiger partial charge is 0.324 e. The van der Waals surface area contributed by atoms with Gasteiger partial charge < -0.3 is 11.5 Å². The van der Waals surface area contributed by atoms with Crippen LogP contribution in [-0.4, -0.2) is 11.1 Å². The van der Waals surface area contributed by atoms with E-state index in [1.807, 2.05) is 0 Å². The predicted octanol–water partition coefficient (Wildman–Crippen LogP) is -0.432. The Balaban J connectivity index is 0.000000392. The average Bonchev–Trinajstić information content (AvgIpc) is 1.99. The van der Waals surface area contributed by atoms with Gasteiger partial charge in [-0.1, -0.05) is 0 Å². The van der Waals surface area contributed by atoms with Crippen molar-refractivity contribution in [2.45, 2.75) is 11.1 Å². The molecule has 2 nitrogen and oxygen atoms in total. The van der Waals surface area contributed by atoms with E-state index in [9.17, 15) is 0 Å². The average molecular weight is 171 g/mol. The topological polar surface area (TPSA) is 52.0 Å². The monoisotopic (exact) mass is 170 g/mol. The van der Waals surface area contributed by atoms with Crippen LogP contribution in [0.3, 0.4) is 0 Å². The van der Waals surface area contributed by atoms with Crippen LogP contribution >= 0.6 is 12.4 Å². The number of nitrogens with two attached hydrogens (primary N) is 2.